The molecular formula is C12H19NO3. The number of aliphatic hydroxyl groups excluding tert-OH is 1. The molecule has 0 spiro atoms. The van der Waals surface area contributed by atoms with Crippen molar-refractivity contribution in [3.63, 3.8) is 0 Å². The van der Waals surface area contributed by atoms with Crippen LogP contribution in [0.1, 0.15) is 5.56 Å². The molecule has 0 heterocycles. The van der Waals surface area contributed by atoms with Gasteiger partial charge in [0.05, 0.1) is 13.2 Å². The molecule has 0 aromatic heterocycles. The van der Waals surface area contributed by atoms with Gasteiger partial charge >= 0.3 is 0 Å². The first-order valence-electron chi connectivity index (χ1n) is 5.39. The quantitative estimate of drug-likeness (QED) is 0.642. The summed E-state index contributed by atoms with van der Waals surface area (Å²) in [6.07, 6.45) is 0. The summed E-state index contributed by atoms with van der Waals surface area (Å²) in [6.45, 7) is 2.77. The predicted octanol–water partition coefficient (Wildman–Crippen LogP) is 0.794. The van der Waals surface area contributed by atoms with E-state index in [1.807, 2.05) is 24.3 Å². The van der Waals surface area contributed by atoms with Crippen molar-refractivity contribution in [2.45, 2.75) is 6.54 Å². The van der Waals surface area contributed by atoms with Crippen LogP contribution in [0, 0.1) is 0 Å². The Hall–Kier alpha value is -1.10. The van der Waals surface area contributed by atoms with E-state index in [-0.39, 0.29) is 6.61 Å². The first-order chi connectivity index (χ1) is 7.86. The first kappa shape index (κ1) is 13.0. The van der Waals surface area contributed by atoms with Crippen LogP contribution in [0.2, 0.25) is 0 Å². The smallest absolute Gasteiger partial charge is 0.119 e. The Morgan fingerprint density at radius 2 is 1.94 bits per heavy atom. The van der Waals surface area contributed by atoms with Crippen molar-refractivity contribution in [3.8, 4) is 5.75 Å². The van der Waals surface area contributed by atoms with E-state index in [2.05, 4.69) is 5.32 Å². The Balaban J connectivity index is 2.27. The maximum atomic E-state index is 8.60. The second-order valence-corrected chi connectivity index (χ2v) is 3.39. The van der Waals surface area contributed by atoms with Gasteiger partial charge in [-0.1, -0.05) is 12.1 Å². The molecule has 0 aliphatic rings. The summed E-state index contributed by atoms with van der Waals surface area (Å²) in [5, 5.41) is 11.9. The van der Waals surface area contributed by atoms with Gasteiger partial charge in [-0.15, -0.1) is 0 Å². The van der Waals surface area contributed by atoms with Crippen molar-refractivity contribution in [1.29, 1.82) is 0 Å². The van der Waals surface area contributed by atoms with Crippen LogP contribution in [-0.4, -0.2) is 38.6 Å². The number of hydrogen-bond donors (Lipinski definition) is 2. The van der Waals surface area contributed by atoms with Crippen LogP contribution in [-0.2, 0) is 11.3 Å². The highest BCUT2D eigenvalue weighted by Crippen LogP contribution is 2.11. The van der Waals surface area contributed by atoms with Crippen molar-refractivity contribution in [2.24, 2.45) is 0 Å². The third kappa shape index (κ3) is 5.11. The van der Waals surface area contributed by atoms with Gasteiger partial charge in [-0.2, -0.15) is 0 Å². The second kappa shape index (κ2) is 8.10. The van der Waals surface area contributed by atoms with E-state index in [4.69, 9.17) is 14.6 Å². The maximum Gasteiger partial charge on any atom is 0.119 e. The number of benzene rings is 1. The molecule has 0 bridgehead atoms. The van der Waals surface area contributed by atoms with Crippen molar-refractivity contribution in [1.82, 2.24) is 5.32 Å². The van der Waals surface area contributed by atoms with Crippen LogP contribution >= 0.6 is 0 Å². The SMILES string of the molecule is COCCNCc1ccc(OCCO)cc1. The molecule has 0 radical (unpaired) electrons. The number of hydrogen-bond acceptors (Lipinski definition) is 4. The van der Waals surface area contributed by atoms with Gasteiger partial charge < -0.3 is 19.9 Å². The van der Waals surface area contributed by atoms with E-state index in [0.29, 0.717) is 6.61 Å². The summed E-state index contributed by atoms with van der Waals surface area (Å²) in [6, 6.07) is 7.82. The van der Waals surface area contributed by atoms with E-state index in [0.717, 1.165) is 25.4 Å². The van der Waals surface area contributed by atoms with Crippen molar-refractivity contribution in [2.75, 3.05) is 33.5 Å². The van der Waals surface area contributed by atoms with Gasteiger partial charge in [0.2, 0.25) is 0 Å². The van der Waals surface area contributed by atoms with Crippen LogP contribution in [0.4, 0.5) is 0 Å². The molecule has 2 N–H and O–H groups in total. The van der Waals surface area contributed by atoms with E-state index in [1.54, 1.807) is 7.11 Å². The lowest BCUT2D eigenvalue weighted by atomic mass is 10.2. The molecule has 1 rings (SSSR count). The van der Waals surface area contributed by atoms with Gasteiger partial charge in [0, 0.05) is 20.2 Å². The van der Waals surface area contributed by atoms with Gasteiger partial charge in [0.25, 0.3) is 0 Å². The molecule has 0 saturated heterocycles. The van der Waals surface area contributed by atoms with Crippen LogP contribution in [0.15, 0.2) is 24.3 Å². The van der Waals surface area contributed by atoms with Crippen LogP contribution in [0.3, 0.4) is 0 Å². The number of ether oxygens (including phenoxy) is 2. The first-order valence-corrected chi connectivity index (χ1v) is 5.39. The normalized spacial score (nSPS) is 10.4. The summed E-state index contributed by atoms with van der Waals surface area (Å²) in [5.74, 6) is 0.787. The number of methoxy groups -OCH3 is 1. The minimum atomic E-state index is 0.0420. The average Bonchev–Trinajstić information content (AvgIpc) is 2.33. The molecule has 0 amide bonds. The third-order valence-corrected chi connectivity index (χ3v) is 2.10. The van der Waals surface area contributed by atoms with Gasteiger partial charge in [-0.25, -0.2) is 0 Å². The summed E-state index contributed by atoms with van der Waals surface area (Å²) >= 11 is 0. The Labute approximate surface area is 96.2 Å². The zero-order valence-corrected chi connectivity index (χ0v) is 9.61. The van der Waals surface area contributed by atoms with Crippen LogP contribution in [0.5, 0.6) is 5.75 Å². The summed E-state index contributed by atoms with van der Waals surface area (Å²) in [5.41, 5.74) is 1.20. The topological polar surface area (TPSA) is 50.7 Å². The van der Waals surface area contributed by atoms with E-state index >= 15 is 0 Å². The summed E-state index contributed by atoms with van der Waals surface area (Å²) in [4.78, 5) is 0. The molecule has 0 unspecified atom stereocenters. The summed E-state index contributed by atoms with van der Waals surface area (Å²) in [7, 11) is 1.69. The molecular weight excluding hydrogens is 206 g/mol. The second-order valence-electron chi connectivity index (χ2n) is 3.39. The molecule has 90 valence electrons. The fraction of sp³-hybridized carbons (Fsp3) is 0.500. The largest absolute Gasteiger partial charge is 0.491 e. The number of aliphatic hydroxyl groups is 1. The van der Waals surface area contributed by atoms with E-state index < -0.39 is 0 Å². The molecule has 0 saturated carbocycles. The molecule has 0 fully saturated rings. The Bertz CT molecular complexity index is 274. The fourth-order valence-corrected chi connectivity index (χ4v) is 1.27. The van der Waals surface area contributed by atoms with Crippen molar-refractivity contribution >= 4 is 0 Å². The molecule has 0 aliphatic carbocycles. The average molecular weight is 225 g/mol. The standard InChI is InChI=1S/C12H19NO3/c1-15-8-6-13-10-11-2-4-12(5-3-11)16-9-7-14/h2-5,13-14H,6-10H2,1H3. The maximum absolute atomic E-state index is 8.60. The zero-order chi connectivity index (χ0) is 11.6. The third-order valence-electron chi connectivity index (χ3n) is 2.10. The van der Waals surface area contributed by atoms with Gasteiger partial charge in [-0.05, 0) is 17.7 Å². The Morgan fingerprint density at radius 1 is 1.19 bits per heavy atom. The molecule has 0 atom stereocenters. The van der Waals surface area contributed by atoms with Gasteiger partial charge in [0.1, 0.15) is 12.4 Å². The van der Waals surface area contributed by atoms with Crippen molar-refractivity contribution in [3.05, 3.63) is 29.8 Å². The Morgan fingerprint density at radius 3 is 2.56 bits per heavy atom. The molecule has 4 nitrogen and oxygen atoms in total. The highest BCUT2D eigenvalue weighted by Gasteiger charge is 1.95. The Kier molecular flexibility index (Phi) is 6.56. The molecule has 0 aliphatic heterocycles. The van der Waals surface area contributed by atoms with Crippen molar-refractivity contribution < 1.29 is 14.6 Å². The zero-order valence-electron chi connectivity index (χ0n) is 9.61. The van der Waals surface area contributed by atoms with Crippen LogP contribution in [0.25, 0.3) is 0 Å². The summed E-state index contributed by atoms with van der Waals surface area (Å²) < 4.78 is 10.2. The lowest BCUT2D eigenvalue weighted by molar-refractivity contribution is 0.199. The lowest BCUT2D eigenvalue weighted by Crippen LogP contribution is -2.18. The highest BCUT2D eigenvalue weighted by atomic mass is 16.5. The van der Waals surface area contributed by atoms with Crippen LogP contribution < -0.4 is 10.1 Å². The van der Waals surface area contributed by atoms with Gasteiger partial charge in [-0.3, -0.25) is 0 Å². The lowest BCUT2D eigenvalue weighted by Gasteiger charge is -2.06. The minimum Gasteiger partial charge on any atom is -0.491 e. The number of nitrogens with one attached hydrogen (secondary N) is 1. The molecule has 1 aromatic carbocycles. The van der Waals surface area contributed by atoms with Gasteiger partial charge in [0.15, 0.2) is 0 Å². The predicted molar refractivity (Wildman–Crippen MR) is 62.6 cm³/mol. The minimum absolute atomic E-state index is 0.0420. The van der Waals surface area contributed by atoms with E-state index in [9.17, 15) is 0 Å². The fourth-order valence-electron chi connectivity index (χ4n) is 1.27. The molecule has 1 aromatic rings. The molecule has 16 heavy (non-hydrogen) atoms. The van der Waals surface area contributed by atoms with E-state index in [1.165, 1.54) is 5.56 Å². The molecule has 4 heteroatoms. The number of rotatable bonds is 8. The highest BCUT2D eigenvalue weighted by molar-refractivity contribution is 5.27. The monoisotopic (exact) mass is 225 g/mol.